The van der Waals surface area contributed by atoms with Gasteiger partial charge in [0, 0.05) is 81.7 Å². The lowest BCUT2D eigenvalue weighted by Crippen LogP contribution is -2.44. The summed E-state index contributed by atoms with van der Waals surface area (Å²) < 4.78 is 21.2. The maximum Gasteiger partial charge on any atom is 0.257 e. The zero-order valence-corrected chi connectivity index (χ0v) is 26.2. The number of aromatic nitrogens is 3. The van der Waals surface area contributed by atoms with E-state index in [0.29, 0.717) is 28.4 Å². The first-order chi connectivity index (χ1) is 22.2. The second-order valence-corrected chi connectivity index (χ2v) is 11.5. The van der Waals surface area contributed by atoms with Gasteiger partial charge in [-0.15, -0.1) is 4.91 Å². The summed E-state index contributed by atoms with van der Waals surface area (Å²) in [5.74, 6) is 0.0773. The minimum absolute atomic E-state index is 0.211. The van der Waals surface area contributed by atoms with Crippen LogP contribution in [0.3, 0.4) is 0 Å². The van der Waals surface area contributed by atoms with Crippen LogP contribution in [0.15, 0.2) is 78.2 Å². The van der Waals surface area contributed by atoms with Gasteiger partial charge in [-0.3, -0.25) is 4.79 Å². The largest absolute Gasteiger partial charge is 0.494 e. The van der Waals surface area contributed by atoms with Crippen LogP contribution in [0.25, 0.3) is 22.2 Å². The number of hydrogen-bond donors (Lipinski definition) is 1. The number of likely N-dealkylation sites (N-methyl/N-ethyl adjacent to an activating group) is 1. The standard InChI is InChI=1S/C34H35FN8O3/c1-40-13-15-43(16-14-40)30-18-31(46-4)28(17-27(30)39-45)37-34-36-19-25(33(44)42(3)20-22-9-11-23(35)12-10-22)32(38-34)26-21-41(2)29-8-6-5-7-24(26)29/h5-12,17-19,21H,13-16,20H2,1-4H3,(H,36,37,38). The number of carbonyl (C=O) groups is 1. The van der Waals surface area contributed by atoms with Crippen LogP contribution in [-0.4, -0.2) is 77.6 Å². The molecule has 3 heterocycles. The number of para-hydroxylation sites is 1. The Kier molecular flexibility index (Phi) is 8.62. The van der Waals surface area contributed by atoms with E-state index in [1.165, 1.54) is 18.3 Å². The van der Waals surface area contributed by atoms with E-state index in [9.17, 15) is 14.1 Å². The van der Waals surface area contributed by atoms with Gasteiger partial charge >= 0.3 is 0 Å². The molecule has 3 aromatic carbocycles. The number of benzene rings is 3. The number of rotatable bonds is 9. The molecule has 0 radical (unpaired) electrons. The molecule has 0 aliphatic carbocycles. The zero-order chi connectivity index (χ0) is 32.4. The first-order valence-electron chi connectivity index (χ1n) is 14.9. The van der Waals surface area contributed by atoms with Crippen molar-refractivity contribution in [3.05, 3.63) is 94.9 Å². The fourth-order valence-electron chi connectivity index (χ4n) is 5.79. The molecule has 11 nitrogen and oxygen atoms in total. The summed E-state index contributed by atoms with van der Waals surface area (Å²) >= 11 is 0. The van der Waals surface area contributed by atoms with E-state index >= 15 is 0 Å². The van der Waals surface area contributed by atoms with E-state index in [0.717, 1.165) is 48.2 Å². The lowest BCUT2D eigenvalue weighted by atomic mass is 10.0. The van der Waals surface area contributed by atoms with E-state index in [2.05, 4.69) is 32.3 Å². The molecule has 0 bridgehead atoms. The fraction of sp³-hybridized carbons (Fsp3) is 0.265. The molecule has 1 saturated heterocycles. The molecule has 0 saturated carbocycles. The van der Waals surface area contributed by atoms with Crippen molar-refractivity contribution in [2.45, 2.75) is 6.54 Å². The molecular formula is C34H35FN8O3. The third-order valence-corrected chi connectivity index (χ3v) is 8.34. The van der Waals surface area contributed by atoms with E-state index in [1.54, 1.807) is 43.3 Å². The normalized spacial score (nSPS) is 13.5. The maximum absolute atomic E-state index is 13.9. The molecular weight excluding hydrogens is 587 g/mol. The Morgan fingerprint density at radius 3 is 2.52 bits per heavy atom. The van der Waals surface area contributed by atoms with Gasteiger partial charge in [-0.1, -0.05) is 30.3 Å². The Balaban J connectivity index is 1.39. The summed E-state index contributed by atoms with van der Waals surface area (Å²) in [5, 5.41) is 7.45. The molecule has 6 rings (SSSR count). The molecule has 1 N–H and O–H groups in total. The topological polar surface area (TPSA) is 108 Å². The molecule has 0 spiro atoms. The summed E-state index contributed by atoms with van der Waals surface area (Å²) in [6.07, 6.45) is 3.44. The van der Waals surface area contributed by atoms with E-state index in [-0.39, 0.29) is 29.9 Å². The van der Waals surface area contributed by atoms with Crippen molar-refractivity contribution in [1.82, 2.24) is 24.3 Å². The second kappa shape index (κ2) is 12.9. The van der Waals surface area contributed by atoms with Crippen LogP contribution < -0.4 is 15.0 Å². The third kappa shape index (κ3) is 6.11. The van der Waals surface area contributed by atoms with Gasteiger partial charge in [0.05, 0.1) is 29.7 Å². The molecule has 1 fully saturated rings. The number of amides is 1. The van der Waals surface area contributed by atoms with E-state index in [1.807, 2.05) is 42.1 Å². The van der Waals surface area contributed by atoms with E-state index < -0.39 is 0 Å². The minimum Gasteiger partial charge on any atom is -0.494 e. The van der Waals surface area contributed by atoms with Crippen LogP contribution >= 0.6 is 0 Å². The number of carbonyl (C=O) groups excluding carboxylic acids is 1. The molecule has 0 unspecified atom stereocenters. The van der Waals surface area contributed by atoms with Crippen molar-refractivity contribution in [1.29, 1.82) is 0 Å². The molecule has 1 aliphatic rings. The Morgan fingerprint density at radius 1 is 1.07 bits per heavy atom. The monoisotopic (exact) mass is 622 g/mol. The predicted molar refractivity (Wildman–Crippen MR) is 178 cm³/mol. The Bertz CT molecular complexity index is 1900. The lowest BCUT2D eigenvalue weighted by molar-refractivity contribution is 0.0785. The van der Waals surface area contributed by atoms with Gasteiger partial charge in [-0.2, -0.15) is 0 Å². The summed E-state index contributed by atoms with van der Waals surface area (Å²) in [6, 6.07) is 17.4. The van der Waals surface area contributed by atoms with Crippen molar-refractivity contribution < 1.29 is 13.9 Å². The number of nitroso groups, excluding NO2 is 1. The highest BCUT2D eigenvalue weighted by molar-refractivity contribution is 6.04. The first kappa shape index (κ1) is 30.7. The van der Waals surface area contributed by atoms with Crippen molar-refractivity contribution in [2.75, 3.05) is 57.6 Å². The van der Waals surface area contributed by atoms with Crippen LogP contribution in [0.1, 0.15) is 15.9 Å². The van der Waals surface area contributed by atoms with Crippen LogP contribution in [0, 0.1) is 10.7 Å². The highest BCUT2D eigenvalue weighted by Crippen LogP contribution is 2.40. The second-order valence-electron chi connectivity index (χ2n) is 11.5. The minimum atomic E-state index is -0.339. The average molecular weight is 623 g/mol. The van der Waals surface area contributed by atoms with Gasteiger partial charge in [-0.05, 0) is 42.1 Å². The number of fused-ring (bicyclic) bond motifs is 1. The highest BCUT2D eigenvalue weighted by atomic mass is 19.1. The number of halogens is 1. The number of piperazine rings is 1. The van der Waals surface area contributed by atoms with Gasteiger partial charge in [0.15, 0.2) is 0 Å². The molecule has 46 heavy (non-hydrogen) atoms. The number of aryl methyl sites for hydroxylation is 1. The lowest BCUT2D eigenvalue weighted by Gasteiger charge is -2.34. The molecule has 1 amide bonds. The number of nitrogens with one attached hydrogen (secondary N) is 1. The summed E-state index contributed by atoms with van der Waals surface area (Å²) in [4.78, 5) is 41.2. The van der Waals surface area contributed by atoms with Crippen molar-refractivity contribution in [3.63, 3.8) is 0 Å². The molecule has 236 valence electrons. The van der Waals surface area contributed by atoms with Crippen molar-refractivity contribution in [2.24, 2.45) is 12.2 Å². The van der Waals surface area contributed by atoms with Crippen LogP contribution in [0.4, 0.5) is 27.4 Å². The molecule has 5 aromatic rings. The fourth-order valence-corrected chi connectivity index (χ4v) is 5.79. The average Bonchev–Trinajstić information content (AvgIpc) is 3.41. The van der Waals surface area contributed by atoms with Crippen molar-refractivity contribution >= 4 is 39.8 Å². The van der Waals surface area contributed by atoms with Gasteiger partial charge in [-0.25, -0.2) is 14.4 Å². The van der Waals surface area contributed by atoms with Gasteiger partial charge in [0.1, 0.15) is 17.3 Å². The number of anilines is 3. The summed E-state index contributed by atoms with van der Waals surface area (Å²) in [6.45, 7) is 3.53. The SMILES string of the molecule is COc1cc(N2CCN(C)CC2)c(N=O)cc1Nc1ncc(C(=O)N(C)Cc2ccc(F)cc2)c(-c2cn(C)c3ccccc23)n1. The maximum atomic E-state index is 13.9. The Labute approximate surface area is 266 Å². The molecule has 0 atom stereocenters. The third-order valence-electron chi connectivity index (χ3n) is 8.34. The molecule has 1 aliphatic heterocycles. The number of ether oxygens (including phenoxy) is 1. The molecule has 2 aromatic heterocycles. The smallest absolute Gasteiger partial charge is 0.257 e. The van der Waals surface area contributed by atoms with Gasteiger partial charge in [0.2, 0.25) is 5.95 Å². The quantitative estimate of drug-likeness (QED) is 0.201. The van der Waals surface area contributed by atoms with Gasteiger partial charge in [0.25, 0.3) is 5.91 Å². The van der Waals surface area contributed by atoms with E-state index in [4.69, 9.17) is 9.72 Å². The summed E-state index contributed by atoms with van der Waals surface area (Å²) in [5.41, 5.74) is 4.71. The zero-order valence-electron chi connectivity index (χ0n) is 26.2. The Hall–Kier alpha value is -5.36. The van der Waals surface area contributed by atoms with Crippen molar-refractivity contribution in [3.8, 4) is 17.0 Å². The predicted octanol–water partition coefficient (Wildman–Crippen LogP) is 5.95. The van der Waals surface area contributed by atoms with Crippen LogP contribution in [-0.2, 0) is 13.6 Å². The first-order valence-corrected chi connectivity index (χ1v) is 14.9. The van der Waals surface area contributed by atoms with Gasteiger partial charge < -0.3 is 29.3 Å². The number of hydrogen-bond acceptors (Lipinski definition) is 9. The van der Waals surface area contributed by atoms with Crippen LogP contribution in [0.5, 0.6) is 5.75 Å². The highest BCUT2D eigenvalue weighted by Gasteiger charge is 2.24. The number of methoxy groups -OCH3 is 1. The molecule has 12 heteroatoms. The Morgan fingerprint density at radius 2 is 1.80 bits per heavy atom. The number of nitrogens with zero attached hydrogens (tertiary/aromatic N) is 7. The summed E-state index contributed by atoms with van der Waals surface area (Å²) in [7, 11) is 7.25. The van der Waals surface area contributed by atoms with Crippen LogP contribution in [0.2, 0.25) is 0 Å².